The molecular weight excluding hydrogens is 346 g/mol. The van der Waals surface area contributed by atoms with Crippen LogP contribution in [0.1, 0.15) is 13.0 Å². The second-order valence-corrected chi connectivity index (χ2v) is 6.08. The van der Waals surface area contributed by atoms with Crippen molar-refractivity contribution in [3.05, 3.63) is 56.5 Å². The van der Waals surface area contributed by atoms with Gasteiger partial charge >= 0.3 is 5.69 Å². The highest BCUT2D eigenvalue weighted by Crippen LogP contribution is 2.22. The molecule has 0 aliphatic rings. The molecule has 2 heterocycles. The summed E-state index contributed by atoms with van der Waals surface area (Å²) in [7, 11) is 2.91. The Morgan fingerprint density at radius 3 is 2.56 bits per heavy atom. The summed E-state index contributed by atoms with van der Waals surface area (Å²) in [6, 6.07) is 6.13. The van der Waals surface area contributed by atoms with Crippen LogP contribution in [-0.2, 0) is 18.9 Å². The summed E-state index contributed by atoms with van der Waals surface area (Å²) >= 11 is 6.05. The standard InChI is InChI=1S/C16H16ClN5O3/c1-9(14(23)19-11-7-5-4-6-10(11)17)22-8-18-13-12(22)15(24)21(3)16(25)20(13)2/h4-9H,1-3H3,(H,19,23). The normalized spacial score (nSPS) is 12.3. The highest BCUT2D eigenvalue weighted by atomic mass is 35.5. The summed E-state index contributed by atoms with van der Waals surface area (Å²) in [5.41, 5.74) is -0.0912. The summed E-state index contributed by atoms with van der Waals surface area (Å²) in [6.45, 7) is 1.64. The number of benzene rings is 1. The topological polar surface area (TPSA) is 90.9 Å². The van der Waals surface area contributed by atoms with Crippen molar-refractivity contribution < 1.29 is 4.79 Å². The number of hydrogen-bond donors (Lipinski definition) is 1. The van der Waals surface area contributed by atoms with Gasteiger partial charge in [0, 0.05) is 14.1 Å². The maximum atomic E-state index is 12.6. The van der Waals surface area contributed by atoms with Crippen molar-refractivity contribution in [3.8, 4) is 0 Å². The van der Waals surface area contributed by atoms with Crippen molar-refractivity contribution in [1.82, 2.24) is 18.7 Å². The number of nitrogens with zero attached hydrogens (tertiary/aromatic N) is 4. The number of anilines is 1. The van der Waals surface area contributed by atoms with Crippen LogP contribution in [0.25, 0.3) is 11.2 Å². The highest BCUT2D eigenvalue weighted by Gasteiger charge is 2.22. The third-order valence-electron chi connectivity index (χ3n) is 4.10. The Labute approximate surface area is 147 Å². The van der Waals surface area contributed by atoms with E-state index >= 15 is 0 Å². The Balaban J connectivity index is 2.05. The fourth-order valence-electron chi connectivity index (χ4n) is 2.58. The van der Waals surface area contributed by atoms with Crippen molar-refractivity contribution in [2.24, 2.45) is 14.1 Å². The van der Waals surface area contributed by atoms with Crippen molar-refractivity contribution in [2.45, 2.75) is 13.0 Å². The lowest BCUT2D eigenvalue weighted by Gasteiger charge is -2.15. The van der Waals surface area contributed by atoms with Gasteiger partial charge in [-0.2, -0.15) is 0 Å². The first-order chi connectivity index (χ1) is 11.8. The Kier molecular flexibility index (Phi) is 4.22. The van der Waals surface area contributed by atoms with E-state index in [1.807, 2.05) is 0 Å². The molecule has 9 heteroatoms. The Bertz CT molecular complexity index is 1100. The molecule has 25 heavy (non-hydrogen) atoms. The quantitative estimate of drug-likeness (QED) is 0.761. The first-order valence-corrected chi connectivity index (χ1v) is 7.88. The van der Waals surface area contributed by atoms with E-state index < -0.39 is 17.3 Å². The number of amides is 1. The third kappa shape index (κ3) is 2.74. The molecule has 1 aromatic carbocycles. The molecule has 0 spiro atoms. The van der Waals surface area contributed by atoms with Gasteiger partial charge in [0.15, 0.2) is 11.2 Å². The van der Waals surface area contributed by atoms with Crippen LogP contribution in [0, 0.1) is 0 Å². The van der Waals surface area contributed by atoms with Gasteiger partial charge in [0.1, 0.15) is 6.04 Å². The van der Waals surface area contributed by atoms with Gasteiger partial charge in [-0.05, 0) is 19.1 Å². The number of nitrogens with one attached hydrogen (secondary N) is 1. The number of aryl methyl sites for hydroxylation is 1. The van der Waals surface area contributed by atoms with Crippen LogP contribution in [0.15, 0.2) is 40.2 Å². The van der Waals surface area contributed by atoms with Gasteiger partial charge in [0.05, 0.1) is 17.0 Å². The number of rotatable bonds is 3. The maximum Gasteiger partial charge on any atom is 0.332 e. The lowest BCUT2D eigenvalue weighted by atomic mass is 10.2. The molecule has 1 unspecified atom stereocenters. The smallest absolute Gasteiger partial charge is 0.323 e. The highest BCUT2D eigenvalue weighted by molar-refractivity contribution is 6.33. The minimum atomic E-state index is -0.730. The number of halogens is 1. The number of fused-ring (bicyclic) bond motifs is 1. The van der Waals surface area contributed by atoms with Crippen molar-refractivity contribution in [1.29, 1.82) is 0 Å². The predicted molar refractivity (Wildman–Crippen MR) is 95.0 cm³/mol. The second-order valence-electron chi connectivity index (χ2n) is 5.67. The van der Waals surface area contributed by atoms with Gasteiger partial charge in [-0.15, -0.1) is 0 Å². The lowest BCUT2D eigenvalue weighted by Crippen LogP contribution is -2.38. The van der Waals surface area contributed by atoms with Crippen LogP contribution in [-0.4, -0.2) is 24.6 Å². The van der Waals surface area contributed by atoms with E-state index in [-0.39, 0.29) is 17.1 Å². The number of imidazole rings is 1. The van der Waals surface area contributed by atoms with Crippen molar-refractivity contribution in [2.75, 3.05) is 5.32 Å². The molecule has 0 aliphatic carbocycles. The minimum absolute atomic E-state index is 0.186. The third-order valence-corrected chi connectivity index (χ3v) is 4.43. The number of carbonyl (C=O) groups excluding carboxylic acids is 1. The zero-order chi connectivity index (χ0) is 18.3. The first-order valence-electron chi connectivity index (χ1n) is 7.51. The van der Waals surface area contributed by atoms with Crippen LogP contribution >= 0.6 is 11.6 Å². The average molecular weight is 362 g/mol. The number of aromatic nitrogens is 4. The van der Waals surface area contributed by atoms with Crippen LogP contribution in [0.5, 0.6) is 0 Å². The van der Waals surface area contributed by atoms with Crippen molar-refractivity contribution >= 4 is 34.4 Å². The fraction of sp³-hybridized carbons (Fsp3) is 0.250. The summed E-state index contributed by atoms with van der Waals surface area (Å²) < 4.78 is 3.70. The predicted octanol–water partition coefficient (Wildman–Crippen LogP) is 1.29. The molecule has 3 aromatic rings. The van der Waals surface area contributed by atoms with E-state index in [2.05, 4.69) is 10.3 Å². The maximum absolute atomic E-state index is 12.6. The molecule has 0 aliphatic heterocycles. The van der Waals surface area contributed by atoms with Gasteiger partial charge in [0.2, 0.25) is 5.91 Å². The van der Waals surface area contributed by atoms with Gasteiger partial charge < -0.3 is 9.88 Å². The van der Waals surface area contributed by atoms with Gasteiger partial charge in [-0.1, -0.05) is 23.7 Å². The molecule has 0 saturated carbocycles. The van der Waals surface area contributed by atoms with Crippen LogP contribution < -0.4 is 16.6 Å². The van der Waals surface area contributed by atoms with Crippen LogP contribution in [0.3, 0.4) is 0 Å². The van der Waals surface area contributed by atoms with E-state index in [1.54, 1.807) is 31.2 Å². The van der Waals surface area contributed by atoms with Gasteiger partial charge in [-0.25, -0.2) is 9.78 Å². The minimum Gasteiger partial charge on any atom is -0.323 e. The molecule has 1 atom stereocenters. The molecule has 0 fully saturated rings. The average Bonchev–Trinajstić information content (AvgIpc) is 3.04. The Hall–Kier alpha value is -2.87. The Morgan fingerprint density at radius 2 is 1.88 bits per heavy atom. The van der Waals surface area contributed by atoms with E-state index in [1.165, 1.54) is 29.6 Å². The lowest BCUT2D eigenvalue weighted by molar-refractivity contribution is -0.118. The molecule has 8 nitrogen and oxygen atoms in total. The van der Waals surface area contributed by atoms with Gasteiger partial charge in [-0.3, -0.25) is 18.7 Å². The number of para-hydroxylation sites is 1. The van der Waals surface area contributed by atoms with E-state index in [0.717, 1.165) is 4.57 Å². The van der Waals surface area contributed by atoms with Crippen molar-refractivity contribution in [3.63, 3.8) is 0 Å². The molecule has 1 amide bonds. The molecule has 130 valence electrons. The van der Waals surface area contributed by atoms with E-state index in [0.29, 0.717) is 10.7 Å². The Morgan fingerprint density at radius 1 is 1.20 bits per heavy atom. The first kappa shape index (κ1) is 17.0. The van der Waals surface area contributed by atoms with Crippen LogP contribution in [0.4, 0.5) is 5.69 Å². The molecule has 0 radical (unpaired) electrons. The number of carbonyl (C=O) groups is 1. The van der Waals surface area contributed by atoms with Gasteiger partial charge in [0.25, 0.3) is 5.56 Å². The zero-order valence-corrected chi connectivity index (χ0v) is 14.6. The van der Waals surface area contributed by atoms with Crippen LogP contribution in [0.2, 0.25) is 5.02 Å². The number of hydrogen-bond acceptors (Lipinski definition) is 4. The zero-order valence-electron chi connectivity index (χ0n) is 13.9. The largest absolute Gasteiger partial charge is 0.332 e. The summed E-state index contributed by atoms with van der Waals surface area (Å²) in [4.78, 5) is 41.1. The van der Waals surface area contributed by atoms with E-state index in [9.17, 15) is 14.4 Å². The fourth-order valence-corrected chi connectivity index (χ4v) is 2.77. The summed E-state index contributed by atoms with van der Waals surface area (Å²) in [5, 5.41) is 3.14. The summed E-state index contributed by atoms with van der Waals surface area (Å²) in [6.07, 6.45) is 1.38. The molecule has 3 rings (SSSR count). The molecule has 0 saturated heterocycles. The second kappa shape index (κ2) is 6.21. The van der Waals surface area contributed by atoms with E-state index in [4.69, 9.17) is 11.6 Å². The summed E-state index contributed by atoms with van der Waals surface area (Å²) in [5.74, 6) is -0.358. The molecule has 2 aromatic heterocycles. The molecular formula is C16H16ClN5O3. The molecule has 1 N–H and O–H groups in total. The SMILES string of the molecule is CC(C(=O)Nc1ccccc1Cl)n1cnc2c1c(=O)n(C)c(=O)n2C. The molecule has 0 bridgehead atoms. The monoisotopic (exact) mass is 361 g/mol.